The zero-order chi connectivity index (χ0) is 17.1. The Morgan fingerprint density at radius 3 is 2.67 bits per heavy atom. The first-order valence-electron chi connectivity index (χ1n) is 8.31. The van der Waals surface area contributed by atoms with Crippen LogP contribution >= 0.6 is 0 Å². The van der Waals surface area contributed by atoms with Crippen molar-refractivity contribution >= 4 is 6.03 Å². The minimum absolute atomic E-state index is 0.157. The third-order valence-corrected chi connectivity index (χ3v) is 4.83. The van der Waals surface area contributed by atoms with E-state index in [-0.39, 0.29) is 24.6 Å². The van der Waals surface area contributed by atoms with Crippen LogP contribution in [0, 0.1) is 17.6 Å². The van der Waals surface area contributed by atoms with Gasteiger partial charge in [0.25, 0.3) is 0 Å². The number of nitrogens with one attached hydrogen (secondary N) is 1. The number of likely N-dealkylation sites (tertiary alicyclic amines) is 1. The lowest BCUT2D eigenvalue weighted by atomic mass is 9.98. The first kappa shape index (κ1) is 17.1. The van der Waals surface area contributed by atoms with Gasteiger partial charge in [-0.2, -0.15) is 0 Å². The van der Waals surface area contributed by atoms with Crippen LogP contribution < -0.4 is 5.32 Å². The van der Waals surface area contributed by atoms with Gasteiger partial charge < -0.3 is 20.1 Å². The fourth-order valence-corrected chi connectivity index (χ4v) is 3.32. The van der Waals surface area contributed by atoms with Crippen LogP contribution in [0.15, 0.2) is 18.2 Å². The van der Waals surface area contributed by atoms with Gasteiger partial charge >= 0.3 is 6.03 Å². The number of aliphatic hydroxyl groups excluding tert-OH is 1. The highest BCUT2D eigenvalue weighted by molar-refractivity contribution is 5.74. The Bertz CT molecular complexity index is 591. The Morgan fingerprint density at radius 1 is 1.25 bits per heavy atom. The molecule has 24 heavy (non-hydrogen) atoms. The fraction of sp³-hybridized carbons (Fsp3) is 0.588. The lowest BCUT2D eigenvalue weighted by Crippen LogP contribution is -2.48. The van der Waals surface area contributed by atoms with E-state index in [1.54, 1.807) is 4.90 Å². The molecular formula is C17H22F2N2O3. The molecule has 0 spiro atoms. The molecule has 0 unspecified atom stereocenters. The topological polar surface area (TPSA) is 61.8 Å². The number of hydrogen-bond donors (Lipinski definition) is 2. The second kappa shape index (κ2) is 7.44. The summed E-state index contributed by atoms with van der Waals surface area (Å²) in [5.41, 5.74) is 0.524. The van der Waals surface area contributed by atoms with Crippen LogP contribution in [0.5, 0.6) is 0 Å². The van der Waals surface area contributed by atoms with Crippen molar-refractivity contribution < 1.29 is 23.4 Å². The van der Waals surface area contributed by atoms with Crippen molar-refractivity contribution in [3.8, 4) is 0 Å². The van der Waals surface area contributed by atoms with E-state index in [9.17, 15) is 13.6 Å². The number of nitrogens with zero attached hydrogens (tertiary/aromatic N) is 1. The summed E-state index contributed by atoms with van der Waals surface area (Å²) in [4.78, 5) is 14.1. The molecule has 2 aliphatic rings. The van der Waals surface area contributed by atoms with Crippen LogP contribution in [0.4, 0.5) is 13.6 Å². The maximum Gasteiger partial charge on any atom is 0.317 e. The van der Waals surface area contributed by atoms with Crippen LogP contribution in [0.3, 0.4) is 0 Å². The number of piperidine rings is 1. The van der Waals surface area contributed by atoms with Gasteiger partial charge in [-0.25, -0.2) is 13.6 Å². The quantitative estimate of drug-likeness (QED) is 0.887. The van der Waals surface area contributed by atoms with Crippen molar-refractivity contribution in [3.05, 3.63) is 35.4 Å². The van der Waals surface area contributed by atoms with E-state index >= 15 is 0 Å². The minimum atomic E-state index is -0.917. The molecule has 2 fully saturated rings. The molecule has 2 amide bonds. The number of amides is 2. The van der Waals surface area contributed by atoms with E-state index in [1.165, 1.54) is 6.07 Å². The smallest absolute Gasteiger partial charge is 0.317 e. The second-order valence-electron chi connectivity index (χ2n) is 6.42. The summed E-state index contributed by atoms with van der Waals surface area (Å²) in [7, 11) is 0. The van der Waals surface area contributed by atoms with Gasteiger partial charge in [0.1, 0.15) is 6.10 Å². The Kier molecular flexibility index (Phi) is 5.30. The summed E-state index contributed by atoms with van der Waals surface area (Å²) in [5.74, 6) is -1.55. The van der Waals surface area contributed by atoms with E-state index in [0.717, 1.165) is 25.0 Å². The molecule has 0 saturated carbocycles. The summed E-state index contributed by atoms with van der Waals surface area (Å²) < 4.78 is 32.1. The highest BCUT2D eigenvalue weighted by Gasteiger charge is 2.33. The van der Waals surface area contributed by atoms with Gasteiger partial charge in [-0.3, -0.25) is 0 Å². The third-order valence-electron chi connectivity index (χ3n) is 4.83. The van der Waals surface area contributed by atoms with Gasteiger partial charge in [0.05, 0.1) is 6.04 Å². The number of rotatable bonds is 3. The Labute approximate surface area is 139 Å². The number of halogens is 2. The lowest BCUT2D eigenvalue weighted by Gasteiger charge is -2.32. The van der Waals surface area contributed by atoms with Gasteiger partial charge in [0, 0.05) is 26.3 Å². The number of carbonyl (C=O) groups excluding carboxylic acids is 1. The molecule has 1 aromatic rings. The number of carbonyl (C=O) groups is 1. The molecule has 2 heterocycles. The van der Waals surface area contributed by atoms with E-state index in [0.29, 0.717) is 31.7 Å². The maximum atomic E-state index is 13.4. The number of aliphatic hydroxyl groups is 1. The Hall–Kier alpha value is -1.73. The zero-order valence-electron chi connectivity index (χ0n) is 13.4. The first-order chi connectivity index (χ1) is 11.6. The molecule has 0 aromatic heterocycles. The summed E-state index contributed by atoms with van der Waals surface area (Å²) in [6.45, 7) is 1.84. The number of hydrogen-bond acceptors (Lipinski definition) is 3. The van der Waals surface area contributed by atoms with Gasteiger partial charge in [0.15, 0.2) is 11.6 Å². The summed E-state index contributed by atoms with van der Waals surface area (Å²) >= 11 is 0. The first-order valence-corrected chi connectivity index (χ1v) is 8.31. The normalized spacial score (nSPS) is 25.0. The lowest BCUT2D eigenvalue weighted by molar-refractivity contribution is 0.0952. The van der Waals surface area contributed by atoms with Crippen LogP contribution in [0.25, 0.3) is 0 Å². The van der Waals surface area contributed by atoms with Crippen LogP contribution in [-0.4, -0.2) is 48.4 Å². The fourth-order valence-electron chi connectivity index (χ4n) is 3.32. The molecule has 2 aliphatic heterocycles. The third kappa shape index (κ3) is 3.67. The van der Waals surface area contributed by atoms with Gasteiger partial charge in [-0.15, -0.1) is 0 Å². The Balaban J connectivity index is 1.61. The van der Waals surface area contributed by atoms with E-state index in [1.807, 2.05) is 0 Å². The highest BCUT2D eigenvalue weighted by Crippen LogP contribution is 2.30. The monoisotopic (exact) mass is 340 g/mol. The molecule has 5 nitrogen and oxygen atoms in total. The van der Waals surface area contributed by atoms with Crippen molar-refractivity contribution in [2.45, 2.75) is 31.4 Å². The molecule has 2 saturated heterocycles. The van der Waals surface area contributed by atoms with Crippen molar-refractivity contribution in [1.29, 1.82) is 0 Å². The Morgan fingerprint density at radius 2 is 2.00 bits per heavy atom. The average Bonchev–Trinajstić information content (AvgIpc) is 3.05. The average molecular weight is 340 g/mol. The van der Waals surface area contributed by atoms with E-state index in [4.69, 9.17) is 9.84 Å². The van der Waals surface area contributed by atoms with Gasteiger partial charge in [-0.1, -0.05) is 6.07 Å². The second-order valence-corrected chi connectivity index (χ2v) is 6.42. The van der Waals surface area contributed by atoms with Gasteiger partial charge in [0.2, 0.25) is 0 Å². The number of urea groups is 1. The number of benzene rings is 1. The summed E-state index contributed by atoms with van der Waals surface area (Å²) in [6, 6.07) is 3.25. The number of ether oxygens (including phenoxy) is 1. The molecule has 2 N–H and O–H groups in total. The maximum absolute atomic E-state index is 13.4. The predicted molar refractivity (Wildman–Crippen MR) is 83.4 cm³/mol. The van der Waals surface area contributed by atoms with Crippen molar-refractivity contribution in [1.82, 2.24) is 10.2 Å². The van der Waals surface area contributed by atoms with E-state index < -0.39 is 17.7 Å². The van der Waals surface area contributed by atoms with Crippen LogP contribution in [0.2, 0.25) is 0 Å². The largest absolute Gasteiger partial charge is 0.396 e. The summed E-state index contributed by atoms with van der Waals surface area (Å²) in [5, 5.41) is 12.1. The molecule has 2 atom stereocenters. The molecule has 0 radical (unpaired) electrons. The molecular weight excluding hydrogens is 318 g/mol. The van der Waals surface area contributed by atoms with Crippen molar-refractivity contribution in [2.75, 3.05) is 26.3 Å². The zero-order valence-corrected chi connectivity index (χ0v) is 13.4. The van der Waals surface area contributed by atoms with Gasteiger partial charge in [-0.05, 0) is 42.9 Å². The van der Waals surface area contributed by atoms with E-state index in [2.05, 4.69) is 5.32 Å². The molecule has 132 valence electrons. The SMILES string of the molecule is O=C(N[C@H]1CCO[C@H]1c1ccc(F)c(F)c1)N1CCC(CO)CC1. The molecule has 0 bridgehead atoms. The highest BCUT2D eigenvalue weighted by atomic mass is 19.2. The summed E-state index contributed by atoms with van der Waals surface area (Å²) in [6.07, 6.45) is 1.73. The van der Waals surface area contributed by atoms with Crippen LogP contribution in [0.1, 0.15) is 30.9 Å². The molecule has 7 heteroatoms. The van der Waals surface area contributed by atoms with Crippen LogP contribution in [-0.2, 0) is 4.74 Å². The predicted octanol–water partition coefficient (Wildman–Crippen LogP) is 2.21. The standard InChI is InChI=1S/C17H22F2N2O3/c18-13-2-1-12(9-14(13)19)16-15(5-8-24-16)20-17(23)21-6-3-11(10-22)4-7-21/h1-2,9,11,15-16,22H,3-8,10H2,(H,20,23)/t15-,16-/m0/s1. The molecule has 0 aliphatic carbocycles. The minimum Gasteiger partial charge on any atom is -0.396 e. The van der Waals surface area contributed by atoms with Crippen molar-refractivity contribution in [3.63, 3.8) is 0 Å². The van der Waals surface area contributed by atoms with Crippen molar-refractivity contribution in [2.24, 2.45) is 5.92 Å². The molecule has 3 rings (SSSR count). The molecule has 1 aromatic carbocycles.